The van der Waals surface area contributed by atoms with Crippen LogP contribution >= 0.6 is 0 Å². The number of rotatable bonds is 7. The van der Waals surface area contributed by atoms with Gasteiger partial charge in [0.1, 0.15) is 5.75 Å². The van der Waals surface area contributed by atoms with Crippen LogP contribution in [-0.2, 0) is 17.7 Å². The predicted molar refractivity (Wildman–Crippen MR) is 123 cm³/mol. The number of esters is 1. The number of nitrogens with zero attached hydrogens (tertiary/aromatic N) is 2. The van der Waals surface area contributed by atoms with Gasteiger partial charge in [-0.05, 0) is 36.6 Å². The Morgan fingerprint density at radius 1 is 1.03 bits per heavy atom. The first kappa shape index (κ1) is 22.2. The lowest BCUT2D eigenvalue weighted by Crippen LogP contribution is -2.30. The molecule has 162 valence electrons. The molecule has 2 aromatic carbocycles. The number of hydrogen-bond donors (Lipinski definition) is 1. The van der Waals surface area contributed by atoms with Crippen molar-refractivity contribution in [3.05, 3.63) is 81.6 Å². The van der Waals surface area contributed by atoms with Crippen LogP contribution in [0, 0.1) is 0 Å². The van der Waals surface area contributed by atoms with Gasteiger partial charge in [0.15, 0.2) is 5.56 Å². The lowest BCUT2D eigenvalue weighted by atomic mass is 9.99. The molecular weight excluding hydrogens is 392 g/mol. The Hall–Kier alpha value is -3.54. The second kappa shape index (κ2) is 9.51. The van der Waals surface area contributed by atoms with Crippen molar-refractivity contribution in [1.82, 2.24) is 4.57 Å². The molecule has 0 aliphatic rings. The normalized spacial score (nSPS) is 10.7. The number of anilines is 1. The molecule has 0 bridgehead atoms. The van der Waals surface area contributed by atoms with Crippen molar-refractivity contribution in [2.24, 2.45) is 0 Å². The zero-order valence-electron chi connectivity index (χ0n) is 18.4. The maximum Gasteiger partial charge on any atom is 0.347 e. The molecule has 3 aromatic rings. The summed E-state index contributed by atoms with van der Waals surface area (Å²) in [4.78, 5) is 28.0. The van der Waals surface area contributed by atoms with E-state index < -0.39 is 11.5 Å². The van der Waals surface area contributed by atoms with Crippen LogP contribution in [0.25, 0.3) is 11.3 Å². The van der Waals surface area contributed by atoms with Crippen LogP contribution in [-0.4, -0.2) is 36.3 Å². The van der Waals surface area contributed by atoms with Crippen molar-refractivity contribution >= 4 is 11.7 Å². The van der Waals surface area contributed by atoms with Crippen molar-refractivity contribution in [3.8, 4) is 17.0 Å². The molecule has 0 spiro atoms. The van der Waals surface area contributed by atoms with Crippen LogP contribution in [0.4, 0.5) is 5.69 Å². The number of aromatic nitrogens is 1. The Morgan fingerprint density at radius 3 is 2.23 bits per heavy atom. The summed E-state index contributed by atoms with van der Waals surface area (Å²) in [5, 5.41) is 10.9. The molecule has 0 saturated heterocycles. The number of carbonyl (C=O) groups is 1. The van der Waals surface area contributed by atoms with E-state index in [1.165, 1.54) is 0 Å². The fraction of sp³-hybridized carbons (Fsp3) is 0.280. The van der Waals surface area contributed by atoms with Crippen LogP contribution < -0.4 is 10.5 Å². The molecule has 3 rings (SSSR count). The fourth-order valence-corrected chi connectivity index (χ4v) is 3.65. The van der Waals surface area contributed by atoms with Crippen LogP contribution in [0.1, 0.15) is 35.3 Å². The summed E-state index contributed by atoms with van der Waals surface area (Å²) in [5.41, 5.74) is 2.99. The molecule has 0 unspecified atom stereocenters. The van der Waals surface area contributed by atoms with E-state index in [9.17, 15) is 14.7 Å². The lowest BCUT2D eigenvalue weighted by Gasteiger charge is -2.21. The number of aromatic hydroxyl groups is 1. The van der Waals surface area contributed by atoms with Crippen LogP contribution in [0.5, 0.6) is 5.75 Å². The van der Waals surface area contributed by atoms with E-state index >= 15 is 0 Å². The maximum absolute atomic E-state index is 13.4. The first-order chi connectivity index (χ1) is 14.9. The highest BCUT2D eigenvalue weighted by molar-refractivity contribution is 5.93. The average molecular weight is 421 g/mol. The number of ether oxygens (including phenoxy) is 1. The molecule has 31 heavy (non-hydrogen) atoms. The molecule has 0 amide bonds. The summed E-state index contributed by atoms with van der Waals surface area (Å²) in [6.45, 7) is 3.94. The lowest BCUT2D eigenvalue weighted by molar-refractivity contribution is 0.0520. The summed E-state index contributed by atoms with van der Waals surface area (Å²) < 4.78 is 6.62. The molecule has 0 radical (unpaired) electrons. The smallest absolute Gasteiger partial charge is 0.347 e. The van der Waals surface area contributed by atoms with Gasteiger partial charge in [-0.2, -0.15) is 0 Å². The first-order valence-electron chi connectivity index (χ1n) is 10.4. The summed E-state index contributed by atoms with van der Waals surface area (Å²) in [7, 11) is 3.91. The minimum atomic E-state index is -0.809. The van der Waals surface area contributed by atoms with E-state index in [-0.39, 0.29) is 24.5 Å². The maximum atomic E-state index is 13.4. The largest absolute Gasteiger partial charge is 0.506 e. The zero-order valence-corrected chi connectivity index (χ0v) is 18.4. The van der Waals surface area contributed by atoms with Crippen molar-refractivity contribution in [2.75, 3.05) is 25.6 Å². The summed E-state index contributed by atoms with van der Waals surface area (Å²) in [6.07, 6.45) is 0.443. The van der Waals surface area contributed by atoms with Gasteiger partial charge in [0.05, 0.1) is 18.8 Å². The number of benzene rings is 2. The predicted octanol–water partition coefficient (Wildman–Crippen LogP) is 4.07. The second-order valence-corrected chi connectivity index (χ2v) is 7.44. The number of hydrogen-bond acceptors (Lipinski definition) is 5. The van der Waals surface area contributed by atoms with Gasteiger partial charge in [-0.25, -0.2) is 4.79 Å². The molecular formula is C25H28N2O4. The molecule has 1 aromatic heterocycles. The van der Waals surface area contributed by atoms with Gasteiger partial charge in [-0.15, -0.1) is 0 Å². The summed E-state index contributed by atoms with van der Waals surface area (Å²) in [6, 6.07) is 17.3. The van der Waals surface area contributed by atoms with Crippen LogP contribution in [0.3, 0.4) is 0 Å². The first-order valence-corrected chi connectivity index (χ1v) is 10.4. The van der Waals surface area contributed by atoms with Gasteiger partial charge in [0.2, 0.25) is 0 Å². The highest BCUT2D eigenvalue weighted by atomic mass is 16.5. The quantitative estimate of drug-likeness (QED) is 0.584. The highest BCUT2D eigenvalue weighted by Gasteiger charge is 2.27. The monoisotopic (exact) mass is 420 g/mol. The third kappa shape index (κ3) is 4.48. The van der Waals surface area contributed by atoms with E-state index in [0.717, 1.165) is 16.8 Å². The molecule has 0 atom stereocenters. The standard InChI is InChI=1S/C25H28N2O4/c1-5-20-22(18-12-14-19(15-13-18)26(3)4)27(16-17-10-8-7-9-11-17)24(29)21(23(20)28)25(30)31-6-2/h7-15,28H,5-6,16H2,1-4H3. The van der Waals surface area contributed by atoms with Crippen molar-refractivity contribution < 1.29 is 14.6 Å². The zero-order chi connectivity index (χ0) is 22.5. The number of pyridine rings is 1. The van der Waals surface area contributed by atoms with E-state index in [4.69, 9.17) is 4.74 Å². The highest BCUT2D eigenvalue weighted by Crippen LogP contribution is 2.33. The molecule has 0 saturated carbocycles. The summed E-state index contributed by atoms with van der Waals surface area (Å²) in [5.74, 6) is -1.11. The Labute approximate surface area is 182 Å². The van der Waals surface area contributed by atoms with Crippen LogP contribution in [0.2, 0.25) is 0 Å². The van der Waals surface area contributed by atoms with Crippen molar-refractivity contribution in [1.29, 1.82) is 0 Å². The molecule has 1 N–H and O–H groups in total. The van der Waals surface area contributed by atoms with E-state index in [2.05, 4.69) is 0 Å². The van der Waals surface area contributed by atoms with Gasteiger partial charge >= 0.3 is 5.97 Å². The molecule has 0 aliphatic carbocycles. The molecule has 0 aliphatic heterocycles. The Bertz CT molecular complexity index is 1120. The fourth-order valence-electron chi connectivity index (χ4n) is 3.65. The molecule has 1 heterocycles. The van der Waals surface area contributed by atoms with Gasteiger partial charge in [0.25, 0.3) is 5.56 Å². The topological polar surface area (TPSA) is 71.8 Å². The molecule has 6 heteroatoms. The minimum Gasteiger partial charge on any atom is -0.506 e. The SMILES string of the molecule is CCOC(=O)c1c(O)c(CC)c(-c2ccc(N(C)C)cc2)n(Cc2ccccc2)c1=O. The van der Waals surface area contributed by atoms with Crippen molar-refractivity contribution in [3.63, 3.8) is 0 Å². The van der Waals surface area contributed by atoms with Crippen LogP contribution in [0.15, 0.2) is 59.4 Å². The van der Waals surface area contributed by atoms with E-state index in [0.29, 0.717) is 17.7 Å². The number of carbonyl (C=O) groups excluding carboxylic acids is 1. The Kier molecular flexibility index (Phi) is 6.80. The average Bonchev–Trinajstić information content (AvgIpc) is 2.76. The Balaban J connectivity index is 2.31. The third-order valence-electron chi connectivity index (χ3n) is 5.21. The van der Waals surface area contributed by atoms with Gasteiger partial charge < -0.3 is 19.3 Å². The van der Waals surface area contributed by atoms with Gasteiger partial charge in [-0.1, -0.05) is 49.4 Å². The second-order valence-electron chi connectivity index (χ2n) is 7.44. The van der Waals surface area contributed by atoms with Gasteiger partial charge in [-0.3, -0.25) is 4.79 Å². The molecule has 6 nitrogen and oxygen atoms in total. The Morgan fingerprint density at radius 2 is 1.68 bits per heavy atom. The minimum absolute atomic E-state index is 0.117. The molecule has 0 fully saturated rings. The van der Waals surface area contributed by atoms with E-state index in [1.54, 1.807) is 11.5 Å². The van der Waals surface area contributed by atoms with E-state index in [1.807, 2.05) is 80.5 Å². The summed E-state index contributed by atoms with van der Waals surface area (Å²) >= 11 is 0. The van der Waals surface area contributed by atoms with Crippen molar-refractivity contribution in [2.45, 2.75) is 26.8 Å². The third-order valence-corrected chi connectivity index (χ3v) is 5.21. The van der Waals surface area contributed by atoms with Gasteiger partial charge in [0, 0.05) is 25.3 Å².